The predicted octanol–water partition coefficient (Wildman–Crippen LogP) is 1.37. The second-order valence-corrected chi connectivity index (χ2v) is 8.74. The SMILES string of the molecule is CN/C(N)=C(/F)C(=N)N1CCC[C@@H](N2CCCC(NCC(C)(C)C)C2=O)C1. The van der Waals surface area contributed by atoms with Crippen molar-refractivity contribution in [3.05, 3.63) is 11.6 Å². The minimum Gasteiger partial charge on any atom is -0.383 e. The number of nitrogens with two attached hydrogens (primary N) is 1. The standard InChI is InChI=1S/C19H35FN6O/c1-19(2,3)12-24-14-8-6-10-26(18(14)27)13-7-5-9-25(11-13)17(22)15(20)16(21)23-4/h13-14,22-24H,5-12,21H2,1-4H3/b16-15+,22-17?/t13-,14?/m1/s1. The fraction of sp³-hybridized carbons (Fsp3) is 0.789. The highest BCUT2D eigenvalue weighted by Crippen LogP contribution is 2.23. The lowest BCUT2D eigenvalue weighted by Crippen LogP contribution is -2.59. The van der Waals surface area contributed by atoms with Crippen LogP contribution in [0.25, 0.3) is 0 Å². The average Bonchev–Trinajstić information content (AvgIpc) is 2.64. The Balaban J connectivity index is 2.02. The number of hydrogen-bond donors (Lipinski definition) is 4. The van der Waals surface area contributed by atoms with E-state index in [2.05, 4.69) is 31.4 Å². The van der Waals surface area contributed by atoms with Crippen LogP contribution in [-0.4, -0.2) is 66.9 Å². The molecule has 2 aliphatic rings. The fourth-order valence-corrected chi connectivity index (χ4v) is 3.67. The molecule has 8 heteroatoms. The van der Waals surface area contributed by atoms with Crippen LogP contribution in [0.3, 0.4) is 0 Å². The van der Waals surface area contributed by atoms with Crippen molar-refractivity contribution in [3.8, 4) is 0 Å². The van der Waals surface area contributed by atoms with E-state index in [0.717, 1.165) is 38.8 Å². The number of hydrogen-bond acceptors (Lipinski definition) is 5. The summed E-state index contributed by atoms with van der Waals surface area (Å²) in [5.74, 6) is -0.955. The van der Waals surface area contributed by atoms with Gasteiger partial charge in [0.25, 0.3) is 0 Å². The molecule has 0 aromatic heterocycles. The summed E-state index contributed by atoms with van der Waals surface area (Å²) in [5.41, 5.74) is 5.68. The summed E-state index contributed by atoms with van der Waals surface area (Å²) in [6.07, 6.45) is 3.52. The van der Waals surface area contributed by atoms with Crippen molar-refractivity contribution < 1.29 is 9.18 Å². The molecular formula is C19H35FN6O. The summed E-state index contributed by atoms with van der Waals surface area (Å²) in [6.45, 7) is 9.04. The highest BCUT2D eigenvalue weighted by molar-refractivity contribution is 5.94. The van der Waals surface area contributed by atoms with Crippen LogP contribution >= 0.6 is 0 Å². The Morgan fingerprint density at radius 3 is 2.59 bits per heavy atom. The molecular weight excluding hydrogens is 347 g/mol. The second-order valence-electron chi connectivity index (χ2n) is 8.74. The average molecular weight is 383 g/mol. The van der Waals surface area contributed by atoms with E-state index in [9.17, 15) is 9.18 Å². The molecule has 0 saturated carbocycles. The van der Waals surface area contributed by atoms with Gasteiger partial charge in [-0.05, 0) is 31.1 Å². The van der Waals surface area contributed by atoms with Gasteiger partial charge in [0, 0.05) is 39.3 Å². The number of amides is 1. The van der Waals surface area contributed by atoms with Gasteiger partial charge in [0.1, 0.15) is 5.82 Å². The first-order valence-electron chi connectivity index (χ1n) is 9.85. The van der Waals surface area contributed by atoms with E-state index in [1.165, 1.54) is 7.05 Å². The van der Waals surface area contributed by atoms with Gasteiger partial charge < -0.3 is 26.2 Å². The molecule has 7 nitrogen and oxygen atoms in total. The topological polar surface area (TPSA) is 97.5 Å². The van der Waals surface area contributed by atoms with E-state index in [4.69, 9.17) is 11.1 Å². The lowest BCUT2D eigenvalue weighted by molar-refractivity contribution is -0.139. The molecule has 0 spiro atoms. The normalized spacial score (nSPS) is 25.3. The molecule has 2 rings (SSSR count). The maximum atomic E-state index is 14.2. The monoisotopic (exact) mass is 382 g/mol. The zero-order valence-corrected chi connectivity index (χ0v) is 17.1. The van der Waals surface area contributed by atoms with E-state index >= 15 is 0 Å². The first-order chi connectivity index (χ1) is 12.6. The third-order valence-corrected chi connectivity index (χ3v) is 5.22. The van der Waals surface area contributed by atoms with Crippen molar-refractivity contribution in [1.82, 2.24) is 20.4 Å². The van der Waals surface area contributed by atoms with Gasteiger partial charge in [0.15, 0.2) is 5.84 Å². The predicted molar refractivity (Wildman–Crippen MR) is 106 cm³/mol. The van der Waals surface area contributed by atoms with Crippen LogP contribution in [0.4, 0.5) is 4.39 Å². The van der Waals surface area contributed by atoms with Gasteiger partial charge in [-0.15, -0.1) is 0 Å². The number of nitrogens with one attached hydrogen (secondary N) is 3. The third-order valence-electron chi connectivity index (χ3n) is 5.22. The molecule has 2 saturated heterocycles. The number of carbonyl (C=O) groups is 1. The molecule has 2 atom stereocenters. The van der Waals surface area contributed by atoms with Gasteiger partial charge in [-0.3, -0.25) is 10.2 Å². The number of likely N-dealkylation sites (tertiary alicyclic amines) is 2. The van der Waals surface area contributed by atoms with Crippen molar-refractivity contribution in [2.75, 3.05) is 33.2 Å². The van der Waals surface area contributed by atoms with E-state index in [1.54, 1.807) is 4.90 Å². The van der Waals surface area contributed by atoms with Gasteiger partial charge in [-0.25, -0.2) is 0 Å². The summed E-state index contributed by atoms with van der Waals surface area (Å²) in [4.78, 5) is 16.6. The van der Waals surface area contributed by atoms with Crippen LogP contribution in [0, 0.1) is 10.8 Å². The molecule has 1 amide bonds. The van der Waals surface area contributed by atoms with Gasteiger partial charge in [-0.2, -0.15) is 4.39 Å². The molecule has 5 N–H and O–H groups in total. The number of carbonyl (C=O) groups excluding carboxylic acids is 1. The van der Waals surface area contributed by atoms with Crippen molar-refractivity contribution in [3.63, 3.8) is 0 Å². The number of piperidine rings is 2. The zero-order chi connectivity index (χ0) is 20.2. The smallest absolute Gasteiger partial charge is 0.240 e. The summed E-state index contributed by atoms with van der Waals surface area (Å²) in [6, 6.07) is -0.140. The first-order valence-corrected chi connectivity index (χ1v) is 9.85. The van der Waals surface area contributed by atoms with Crippen molar-refractivity contribution in [2.45, 2.75) is 58.5 Å². The molecule has 1 unspecified atom stereocenters. The van der Waals surface area contributed by atoms with Crippen LogP contribution in [0.2, 0.25) is 0 Å². The summed E-state index contributed by atoms with van der Waals surface area (Å²) >= 11 is 0. The molecule has 0 aromatic carbocycles. The van der Waals surface area contributed by atoms with Crippen molar-refractivity contribution in [1.29, 1.82) is 5.41 Å². The van der Waals surface area contributed by atoms with Crippen molar-refractivity contribution in [2.24, 2.45) is 11.1 Å². The Labute approximate surface area is 162 Å². The molecule has 27 heavy (non-hydrogen) atoms. The van der Waals surface area contributed by atoms with E-state index in [0.29, 0.717) is 13.1 Å². The summed E-state index contributed by atoms with van der Waals surface area (Å²) in [7, 11) is 1.53. The van der Waals surface area contributed by atoms with Gasteiger partial charge in [-0.1, -0.05) is 20.8 Å². The molecule has 0 bridgehead atoms. The Morgan fingerprint density at radius 2 is 1.96 bits per heavy atom. The fourth-order valence-electron chi connectivity index (χ4n) is 3.67. The van der Waals surface area contributed by atoms with Crippen LogP contribution in [0.15, 0.2) is 11.6 Å². The minimum atomic E-state index is -0.743. The van der Waals surface area contributed by atoms with E-state index < -0.39 is 5.83 Å². The number of amidine groups is 1. The highest BCUT2D eigenvalue weighted by Gasteiger charge is 2.36. The third kappa shape index (κ3) is 5.57. The van der Waals surface area contributed by atoms with Gasteiger partial charge in [0.05, 0.1) is 6.04 Å². The van der Waals surface area contributed by atoms with Gasteiger partial charge >= 0.3 is 0 Å². The lowest BCUT2D eigenvalue weighted by Gasteiger charge is -2.43. The minimum absolute atomic E-state index is 0.00875. The molecule has 2 fully saturated rings. The number of halogens is 1. The zero-order valence-electron chi connectivity index (χ0n) is 17.1. The van der Waals surface area contributed by atoms with Crippen LogP contribution in [-0.2, 0) is 4.79 Å². The lowest BCUT2D eigenvalue weighted by atomic mass is 9.94. The summed E-state index contributed by atoms with van der Waals surface area (Å²) in [5, 5.41) is 14.1. The molecule has 0 aromatic rings. The number of nitrogens with zero attached hydrogens (tertiary/aromatic N) is 2. The van der Waals surface area contributed by atoms with E-state index in [-0.39, 0.29) is 35.1 Å². The van der Waals surface area contributed by atoms with Crippen LogP contribution in [0.5, 0.6) is 0 Å². The molecule has 154 valence electrons. The molecule has 0 radical (unpaired) electrons. The van der Waals surface area contributed by atoms with Crippen LogP contribution < -0.4 is 16.4 Å². The quantitative estimate of drug-likeness (QED) is 0.425. The summed E-state index contributed by atoms with van der Waals surface area (Å²) < 4.78 is 14.2. The molecule has 2 aliphatic heterocycles. The first kappa shape index (κ1) is 21.5. The van der Waals surface area contributed by atoms with Crippen molar-refractivity contribution >= 4 is 11.7 Å². The Hall–Kier alpha value is -1.83. The Morgan fingerprint density at radius 1 is 1.30 bits per heavy atom. The maximum absolute atomic E-state index is 14.2. The maximum Gasteiger partial charge on any atom is 0.240 e. The van der Waals surface area contributed by atoms with Crippen LogP contribution in [0.1, 0.15) is 46.5 Å². The highest BCUT2D eigenvalue weighted by atomic mass is 19.1. The number of rotatable bonds is 5. The second kappa shape index (κ2) is 8.91. The molecule has 0 aliphatic carbocycles. The molecule has 2 heterocycles. The van der Waals surface area contributed by atoms with E-state index in [1.807, 2.05) is 4.90 Å². The Bertz CT molecular complexity index is 585. The van der Waals surface area contributed by atoms with Gasteiger partial charge in [0.2, 0.25) is 11.7 Å². The Kier molecular flexibility index (Phi) is 7.08. The largest absolute Gasteiger partial charge is 0.383 e.